The van der Waals surface area contributed by atoms with E-state index < -0.39 is 15.7 Å². The van der Waals surface area contributed by atoms with Crippen LogP contribution in [0.2, 0.25) is 5.02 Å². The van der Waals surface area contributed by atoms with E-state index in [2.05, 4.69) is 10.3 Å². The first kappa shape index (κ1) is 19.1. The number of hydrogen-bond acceptors (Lipinski definition) is 4. The molecule has 4 rings (SSSR count). The summed E-state index contributed by atoms with van der Waals surface area (Å²) in [6, 6.07) is 13.8. The number of carbonyl (C=O) groups excluding carboxylic acids is 1. The number of benzene rings is 2. The van der Waals surface area contributed by atoms with Crippen LogP contribution in [0.3, 0.4) is 0 Å². The molecule has 1 N–H and O–H groups in total. The Balaban J connectivity index is 1.54. The SMILES string of the molecule is Cc1cccc(C2=NC3(CCN(S(=O)(=O)c4ccc(Cl)cc4)CC3)NC2=O)c1. The van der Waals surface area contributed by atoms with Crippen molar-refractivity contribution in [2.24, 2.45) is 4.99 Å². The first-order valence-electron chi connectivity index (χ1n) is 9.04. The molecule has 1 fully saturated rings. The highest BCUT2D eigenvalue weighted by molar-refractivity contribution is 7.89. The van der Waals surface area contributed by atoms with Crippen LogP contribution < -0.4 is 5.32 Å². The molecule has 2 heterocycles. The molecule has 2 aromatic rings. The summed E-state index contributed by atoms with van der Waals surface area (Å²) in [6.07, 6.45) is 0.863. The van der Waals surface area contributed by atoms with Crippen LogP contribution in [0.1, 0.15) is 24.0 Å². The number of carbonyl (C=O) groups is 1. The van der Waals surface area contributed by atoms with Crippen molar-refractivity contribution < 1.29 is 13.2 Å². The van der Waals surface area contributed by atoms with E-state index in [9.17, 15) is 13.2 Å². The van der Waals surface area contributed by atoms with Gasteiger partial charge in [-0.15, -0.1) is 0 Å². The number of nitrogens with zero attached hydrogens (tertiary/aromatic N) is 2. The van der Waals surface area contributed by atoms with Crippen LogP contribution in [0, 0.1) is 6.92 Å². The molecular weight excluding hydrogens is 398 g/mol. The molecule has 0 radical (unpaired) electrons. The van der Waals surface area contributed by atoms with Crippen molar-refractivity contribution in [2.45, 2.75) is 30.3 Å². The molecular formula is C20H20ClN3O3S. The van der Waals surface area contributed by atoms with E-state index >= 15 is 0 Å². The first-order chi connectivity index (χ1) is 13.3. The van der Waals surface area contributed by atoms with Crippen molar-refractivity contribution >= 4 is 33.2 Å². The third-order valence-corrected chi connectivity index (χ3v) is 7.34. The quantitative estimate of drug-likeness (QED) is 0.833. The number of rotatable bonds is 3. The third-order valence-electron chi connectivity index (χ3n) is 5.18. The van der Waals surface area contributed by atoms with Gasteiger partial charge in [0.2, 0.25) is 10.0 Å². The van der Waals surface area contributed by atoms with Crippen LogP contribution in [-0.2, 0) is 14.8 Å². The summed E-state index contributed by atoms with van der Waals surface area (Å²) in [5.41, 5.74) is 1.52. The average Bonchev–Trinajstić information content (AvgIpc) is 2.98. The van der Waals surface area contributed by atoms with Crippen molar-refractivity contribution in [1.29, 1.82) is 0 Å². The highest BCUT2D eigenvalue weighted by Crippen LogP contribution is 2.31. The van der Waals surface area contributed by atoms with Crippen LogP contribution in [0.25, 0.3) is 0 Å². The molecule has 2 aliphatic rings. The van der Waals surface area contributed by atoms with Crippen molar-refractivity contribution in [1.82, 2.24) is 9.62 Å². The van der Waals surface area contributed by atoms with Crippen molar-refractivity contribution in [2.75, 3.05) is 13.1 Å². The maximum Gasteiger partial charge on any atom is 0.272 e. The summed E-state index contributed by atoms with van der Waals surface area (Å²) in [5.74, 6) is -0.209. The molecule has 0 aromatic heterocycles. The van der Waals surface area contributed by atoms with Gasteiger partial charge in [-0.25, -0.2) is 8.42 Å². The molecule has 8 heteroatoms. The fraction of sp³-hybridized carbons (Fsp3) is 0.300. The zero-order valence-electron chi connectivity index (χ0n) is 15.4. The average molecular weight is 418 g/mol. The fourth-order valence-electron chi connectivity index (χ4n) is 3.64. The lowest BCUT2D eigenvalue weighted by Gasteiger charge is -2.36. The van der Waals surface area contributed by atoms with Gasteiger partial charge in [0, 0.05) is 36.5 Å². The minimum Gasteiger partial charge on any atom is -0.326 e. The van der Waals surface area contributed by atoms with E-state index in [1.807, 2.05) is 31.2 Å². The van der Waals surface area contributed by atoms with Gasteiger partial charge >= 0.3 is 0 Å². The predicted molar refractivity (Wildman–Crippen MR) is 108 cm³/mol. The Kier molecular flexibility index (Phi) is 4.77. The van der Waals surface area contributed by atoms with Crippen molar-refractivity contribution in [3.05, 3.63) is 64.7 Å². The number of hydrogen-bond donors (Lipinski definition) is 1. The molecule has 1 amide bonds. The first-order valence-corrected chi connectivity index (χ1v) is 10.9. The maximum absolute atomic E-state index is 12.8. The molecule has 2 aromatic carbocycles. The van der Waals surface area contributed by atoms with Gasteiger partial charge in [-0.2, -0.15) is 4.31 Å². The minimum atomic E-state index is -3.60. The summed E-state index contributed by atoms with van der Waals surface area (Å²) in [5, 5.41) is 3.46. The molecule has 0 aliphatic carbocycles. The van der Waals surface area contributed by atoms with Crippen LogP contribution in [0.5, 0.6) is 0 Å². The fourth-order valence-corrected chi connectivity index (χ4v) is 5.21. The van der Waals surface area contributed by atoms with E-state index in [-0.39, 0.29) is 23.9 Å². The lowest BCUT2D eigenvalue weighted by atomic mass is 10.00. The number of halogens is 1. The number of nitrogens with one attached hydrogen (secondary N) is 1. The third kappa shape index (κ3) is 3.45. The van der Waals surface area contributed by atoms with Gasteiger partial charge < -0.3 is 5.32 Å². The van der Waals surface area contributed by atoms with E-state index in [1.54, 1.807) is 12.1 Å². The van der Waals surface area contributed by atoms with E-state index in [0.29, 0.717) is 23.6 Å². The second-order valence-corrected chi connectivity index (χ2v) is 9.55. The smallest absolute Gasteiger partial charge is 0.272 e. The van der Waals surface area contributed by atoms with Gasteiger partial charge in [0.05, 0.1) is 4.90 Å². The van der Waals surface area contributed by atoms with Gasteiger partial charge in [0.1, 0.15) is 11.4 Å². The normalized spacial score (nSPS) is 19.5. The van der Waals surface area contributed by atoms with Crippen molar-refractivity contribution in [3.63, 3.8) is 0 Å². The summed E-state index contributed by atoms with van der Waals surface area (Å²) in [4.78, 5) is 17.4. The Morgan fingerprint density at radius 3 is 2.43 bits per heavy atom. The molecule has 0 atom stereocenters. The van der Waals surface area contributed by atoms with Gasteiger partial charge in [0.15, 0.2) is 0 Å². The Morgan fingerprint density at radius 1 is 1.11 bits per heavy atom. The molecule has 28 heavy (non-hydrogen) atoms. The number of aliphatic imine (C=N–C) groups is 1. The maximum atomic E-state index is 12.8. The van der Waals surface area contributed by atoms with Crippen LogP contribution in [0.4, 0.5) is 0 Å². The minimum absolute atomic E-state index is 0.209. The Hall–Kier alpha value is -2.22. The molecule has 2 aliphatic heterocycles. The number of piperidine rings is 1. The Morgan fingerprint density at radius 2 is 1.79 bits per heavy atom. The monoisotopic (exact) mass is 417 g/mol. The predicted octanol–water partition coefficient (Wildman–Crippen LogP) is 2.75. The molecule has 0 saturated carbocycles. The Bertz CT molecular complexity index is 1060. The zero-order valence-corrected chi connectivity index (χ0v) is 16.9. The van der Waals surface area contributed by atoms with Gasteiger partial charge in [0.25, 0.3) is 5.91 Å². The second-order valence-electron chi connectivity index (χ2n) is 7.17. The summed E-state index contributed by atoms with van der Waals surface area (Å²) < 4.78 is 27.1. The number of amides is 1. The summed E-state index contributed by atoms with van der Waals surface area (Å²) in [7, 11) is -3.60. The molecule has 146 valence electrons. The highest BCUT2D eigenvalue weighted by atomic mass is 35.5. The lowest BCUT2D eigenvalue weighted by Crippen LogP contribution is -2.52. The summed E-state index contributed by atoms with van der Waals surface area (Å²) >= 11 is 5.85. The molecule has 0 bridgehead atoms. The Labute approximate surface area is 169 Å². The van der Waals surface area contributed by atoms with Crippen molar-refractivity contribution in [3.8, 4) is 0 Å². The van der Waals surface area contributed by atoms with Crippen LogP contribution in [-0.4, -0.2) is 43.1 Å². The van der Waals surface area contributed by atoms with Gasteiger partial charge in [-0.3, -0.25) is 9.79 Å². The van der Waals surface area contributed by atoms with E-state index in [1.165, 1.54) is 16.4 Å². The standard InChI is InChI=1S/C20H20ClN3O3S/c1-14-3-2-4-15(13-14)18-19(25)23-20(22-18)9-11-24(12-10-20)28(26,27)17-7-5-16(21)6-8-17/h2-8,13H,9-12H2,1H3,(H,23,25). The van der Waals surface area contributed by atoms with Gasteiger partial charge in [-0.05, 0) is 37.3 Å². The second kappa shape index (κ2) is 6.99. The van der Waals surface area contributed by atoms with E-state index in [0.717, 1.165) is 11.1 Å². The number of aryl methyl sites for hydroxylation is 1. The number of sulfonamides is 1. The zero-order chi connectivity index (χ0) is 19.9. The molecule has 1 saturated heterocycles. The summed E-state index contributed by atoms with van der Waals surface area (Å²) in [6.45, 7) is 2.54. The molecule has 6 nitrogen and oxygen atoms in total. The van der Waals surface area contributed by atoms with Gasteiger partial charge in [-0.1, -0.05) is 35.4 Å². The van der Waals surface area contributed by atoms with Crippen LogP contribution >= 0.6 is 11.6 Å². The highest BCUT2D eigenvalue weighted by Gasteiger charge is 2.44. The topological polar surface area (TPSA) is 78.8 Å². The largest absolute Gasteiger partial charge is 0.326 e. The molecule has 1 spiro atoms. The van der Waals surface area contributed by atoms with E-state index in [4.69, 9.17) is 11.6 Å². The lowest BCUT2D eigenvalue weighted by molar-refractivity contribution is -0.115. The van der Waals surface area contributed by atoms with Crippen LogP contribution in [0.15, 0.2) is 58.4 Å². The molecule has 0 unspecified atom stereocenters.